The van der Waals surface area contributed by atoms with Crippen molar-refractivity contribution in [2.24, 2.45) is 5.73 Å². The summed E-state index contributed by atoms with van der Waals surface area (Å²) >= 11 is 0. The van der Waals surface area contributed by atoms with Crippen LogP contribution >= 0.6 is 0 Å². The lowest BCUT2D eigenvalue weighted by Gasteiger charge is -2.23. The predicted molar refractivity (Wildman–Crippen MR) is 141 cm³/mol. The summed E-state index contributed by atoms with van der Waals surface area (Å²) in [6.07, 6.45) is -0.0630. The van der Waals surface area contributed by atoms with Crippen LogP contribution in [-0.2, 0) is 14.6 Å². The molecule has 7 nitrogen and oxygen atoms in total. The first-order chi connectivity index (χ1) is 17.2. The first-order valence-electron chi connectivity index (χ1n) is 11.1. The van der Waals surface area contributed by atoms with Crippen LogP contribution in [0.3, 0.4) is 0 Å². The van der Waals surface area contributed by atoms with Gasteiger partial charge in [-0.15, -0.1) is 0 Å². The summed E-state index contributed by atoms with van der Waals surface area (Å²) < 4.78 is 31.7. The molecule has 0 aliphatic heterocycles. The van der Waals surface area contributed by atoms with Crippen molar-refractivity contribution < 1.29 is 17.9 Å². The monoisotopic (exact) mass is 499 g/mol. The number of ether oxygens (including phenoxy) is 1. The predicted octanol–water partition coefficient (Wildman–Crippen LogP) is 4.80. The highest BCUT2D eigenvalue weighted by Gasteiger charge is 2.28. The van der Waals surface area contributed by atoms with Crippen LogP contribution in [0, 0.1) is 5.41 Å². The van der Waals surface area contributed by atoms with E-state index in [4.69, 9.17) is 15.9 Å². The normalized spacial score (nSPS) is 11.9. The van der Waals surface area contributed by atoms with Crippen molar-refractivity contribution >= 4 is 27.3 Å². The van der Waals surface area contributed by atoms with E-state index >= 15 is 0 Å². The third kappa shape index (κ3) is 5.61. The number of nitrogen functional groups attached to an aromatic ring is 1. The van der Waals surface area contributed by atoms with Crippen molar-refractivity contribution in [2.45, 2.75) is 11.0 Å². The van der Waals surface area contributed by atoms with E-state index in [9.17, 15) is 13.2 Å². The van der Waals surface area contributed by atoms with E-state index in [1.165, 1.54) is 6.07 Å². The average molecular weight is 500 g/mol. The number of nitrogens with two attached hydrogens (primary N) is 1. The SMILES string of the molecule is CS(=O)(=O)c1cccc(-c2ccccc2)c1OC(C(=O)Nc1cccc(C(=N)N)c1)c1ccccc1. The number of carbonyl (C=O) groups is 1. The standard InChI is InChI=1S/C28H25N3O4S/c1-36(33,34)24-17-9-16-23(19-10-4-2-5-11-19)26(24)35-25(20-12-6-3-7-13-20)28(32)31-22-15-8-14-21(18-22)27(29)30/h2-18,25H,1H3,(H3,29,30)(H,31,32). The van der Waals surface area contributed by atoms with Gasteiger partial charge in [0.05, 0.1) is 0 Å². The second-order valence-corrected chi connectivity index (χ2v) is 10.1. The van der Waals surface area contributed by atoms with E-state index in [1.807, 2.05) is 36.4 Å². The minimum Gasteiger partial charge on any atom is -0.474 e. The molecule has 8 heteroatoms. The second-order valence-electron chi connectivity index (χ2n) is 8.16. The zero-order valence-electron chi connectivity index (χ0n) is 19.5. The summed E-state index contributed by atoms with van der Waals surface area (Å²) in [6.45, 7) is 0. The Kier molecular flexibility index (Phi) is 7.17. The molecule has 4 rings (SSSR count). The van der Waals surface area contributed by atoms with E-state index in [1.54, 1.807) is 60.7 Å². The van der Waals surface area contributed by atoms with Crippen molar-refractivity contribution in [3.05, 3.63) is 114 Å². The first kappa shape index (κ1) is 24.7. The zero-order chi connectivity index (χ0) is 25.7. The summed E-state index contributed by atoms with van der Waals surface area (Å²) in [4.78, 5) is 13.5. The number of para-hydroxylation sites is 1. The van der Waals surface area contributed by atoms with Gasteiger partial charge in [0.2, 0.25) is 6.10 Å². The molecule has 0 aromatic heterocycles. The Labute approximate surface area is 210 Å². The fourth-order valence-corrected chi connectivity index (χ4v) is 4.59. The first-order valence-corrected chi connectivity index (χ1v) is 13.0. The topological polar surface area (TPSA) is 122 Å². The van der Waals surface area contributed by atoms with Gasteiger partial charge >= 0.3 is 0 Å². The Balaban J connectivity index is 1.81. The van der Waals surface area contributed by atoms with Crippen LogP contribution in [0.25, 0.3) is 11.1 Å². The van der Waals surface area contributed by atoms with Crippen molar-refractivity contribution in [1.29, 1.82) is 5.41 Å². The minimum absolute atomic E-state index is 0.0174. The summed E-state index contributed by atoms with van der Waals surface area (Å²) in [7, 11) is -3.69. The van der Waals surface area contributed by atoms with Gasteiger partial charge in [0.1, 0.15) is 16.5 Å². The zero-order valence-corrected chi connectivity index (χ0v) is 20.3. The maximum Gasteiger partial charge on any atom is 0.270 e. The number of anilines is 1. The number of amides is 1. The van der Waals surface area contributed by atoms with Gasteiger partial charge in [-0.2, -0.15) is 0 Å². The second kappa shape index (κ2) is 10.5. The van der Waals surface area contributed by atoms with Crippen LogP contribution in [0.2, 0.25) is 0 Å². The Hall–Kier alpha value is -4.43. The molecule has 182 valence electrons. The van der Waals surface area contributed by atoms with Crippen molar-refractivity contribution in [3.8, 4) is 16.9 Å². The summed E-state index contributed by atoms with van der Waals surface area (Å²) in [5.74, 6) is -0.548. The fourth-order valence-electron chi connectivity index (χ4n) is 3.77. The van der Waals surface area contributed by atoms with Crippen LogP contribution in [0.4, 0.5) is 5.69 Å². The summed E-state index contributed by atoms with van der Waals surface area (Å²) in [5, 5.41) is 10.5. The molecule has 4 aromatic carbocycles. The van der Waals surface area contributed by atoms with Gasteiger partial charge in [-0.1, -0.05) is 84.9 Å². The Morgan fingerprint density at radius 2 is 1.53 bits per heavy atom. The number of sulfone groups is 1. The lowest BCUT2D eigenvalue weighted by Crippen LogP contribution is -2.26. The molecule has 0 fully saturated rings. The third-order valence-corrected chi connectivity index (χ3v) is 6.60. The Morgan fingerprint density at radius 3 is 2.17 bits per heavy atom. The van der Waals surface area contributed by atoms with E-state index in [0.717, 1.165) is 11.8 Å². The number of hydrogen-bond donors (Lipinski definition) is 3. The molecular weight excluding hydrogens is 474 g/mol. The van der Waals surface area contributed by atoms with Gasteiger partial charge < -0.3 is 15.8 Å². The number of nitrogens with one attached hydrogen (secondary N) is 2. The van der Waals surface area contributed by atoms with Crippen LogP contribution in [-0.4, -0.2) is 26.4 Å². The fraction of sp³-hybridized carbons (Fsp3) is 0.0714. The molecule has 0 aliphatic carbocycles. The quantitative estimate of drug-likeness (QED) is 0.237. The molecular formula is C28H25N3O4S. The lowest BCUT2D eigenvalue weighted by molar-refractivity contribution is -0.123. The molecule has 0 radical (unpaired) electrons. The van der Waals surface area contributed by atoms with Gasteiger partial charge in [-0.05, 0) is 23.8 Å². The van der Waals surface area contributed by atoms with E-state index in [-0.39, 0.29) is 16.5 Å². The molecule has 0 heterocycles. The number of rotatable bonds is 8. The summed E-state index contributed by atoms with van der Waals surface area (Å²) in [5.41, 5.74) is 8.31. The highest BCUT2D eigenvalue weighted by Crippen LogP contribution is 2.38. The molecule has 0 aliphatic rings. The van der Waals surface area contributed by atoms with E-state index in [0.29, 0.717) is 22.4 Å². The molecule has 1 unspecified atom stereocenters. The Bertz CT molecular complexity index is 1500. The third-order valence-electron chi connectivity index (χ3n) is 5.48. The number of carbonyl (C=O) groups excluding carboxylic acids is 1. The van der Waals surface area contributed by atoms with Gasteiger partial charge in [0.25, 0.3) is 5.91 Å². The van der Waals surface area contributed by atoms with E-state index < -0.39 is 21.8 Å². The van der Waals surface area contributed by atoms with Gasteiger partial charge in [0.15, 0.2) is 9.84 Å². The van der Waals surface area contributed by atoms with Crippen molar-refractivity contribution in [2.75, 3.05) is 11.6 Å². The van der Waals surface area contributed by atoms with Crippen LogP contribution in [0.15, 0.2) is 108 Å². The molecule has 4 aromatic rings. The Morgan fingerprint density at radius 1 is 0.889 bits per heavy atom. The number of amidine groups is 1. The molecule has 1 amide bonds. The van der Waals surface area contributed by atoms with Crippen molar-refractivity contribution in [3.63, 3.8) is 0 Å². The minimum atomic E-state index is -3.69. The molecule has 0 spiro atoms. The number of hydrogen-bond acceptors (Lipinski definition) is 5. The maximum absolute atomic E-state index is 13.5. The van der Waals surface area contributed by atoms with Crippen LogP contribution in [0.1, 0.15) is 17.2 Å². The lowest BCUT2D eigenvalue weighted by atomic mass is 10.0. The largest absolute Gasteiger partial charge is 0.474 e. The van der Waals surface area contributed by atoms with Gasteiger partial charge in [0, 0.05) is 28.6 Å². The van der Waals surface area contributed by atoms with Gasteiger partial charge in [-0.25, -0.2) is 8.42 Å². The molecule has 4 N–H and O–H groups in total. The molecule has 0 saturated carbocycles. The maximum atomic E-state index is 13.5. The summed E-state index contributed by atoms with van der Waals surface area (Å²) in [6, 6.07) is 29.6. The van der Waals surface area contributed by atoms with Crippen LogP contribution < -0.4 is 15.8 Å². The van der Waals surface area contributed by atoms with Crippen LogP contribution in [0.5, 0.6) is 5.75 Å². The number of benzene rings is 4. The molecule has 1 atom stereocenters. The van der Waals surface area contributed by atoms with Crippen molar-refractivity contribution in [1.82, 2.24) is 0 Å². The van der Waals surface area contributed by atoms with Gasteiger partial charge in [-0.3, -0.25) is 10.2 Å². The molecule has 0 saturated heterocycles. The smallest absolute Gasteiger partial charge is 0.270 e. The molecule has 0 bridgehead atoms. The molecule has 36 heavy (non-hydrogen) atoms. The highest BCUT2D eigenvalue weighted by molar-refractivity contribution is 7.90. The average Bonchev–Trinajstić information content (AvgIpc) is 2.87. The highest BCUT2D eigenvalue weighted by atomic mass is 32.2. The van der Waals surface area contributed by atoms with E-state index in [2.05, 4.69) is 5.32 Å².